The minimum atomic E-state index is -0.698. The minimum Gasteiger partial charge on any atom is -0.292 e. The average molecular weight is 278 g/mol. The monoisotopic (exact) mass is 278 g/mol. The van der Waals surface area contributed by atoms with Crippen LogP contribution in [0.15, 0.2) is 24.3 Å². The van der Waals surface area contributed by atoms with E-state index in [0.717, 1.165) is 24.2 Å². The zero-order valence-electron chi connectivity index (χ0n) is 11.5. The summed E-state index contributed by atoms with van der Waals surface area (Å²) in [6.07, 6.45) is 0.638. The molecule has 0 atom stereocenters. The van der Waals surface area contributed by atoms with Gasteiger partial charge < -0.3 is 0 Å². The molecule has 0 aliphatic rings. The van der Waals surface area contributed by atoms with Gasteiger partial charge in [-0.2, -0.15) is 5.10 Å². The lowest BCUT2D eigenvalue weighted by atomic mass is 10.1. The third-order valence-corrected chi connectivity index (χ3v) is 3.14. The van der Waals surface area contributed by atoms with E-state index in [1.807, 2.05) is 13.8 Å². The van der Waals surface area contributed by atoms with E-state index in [4.69, 9.17) is 0 Å². The third kappa shape index (κ3) is 2.92. The molecule has 1 heterocycles. The number of ketones is 1. The Kier molecular flexibility index (Phi) is 4.27. The van der Waals surface area contributed by atoms with Crippen LogP contribution in [0, 0.1) is 11.6 Å². The molecule has 0 spiro atoms. The van der Waals surface area contributed by atoms with Crippen molar-refractivity contribution < 1.29 is 13.6 Å². The fourth-order valence-electron chi connectivity index (χ4n) is 2.04. The Bertz CT molecular complexity index is 635. The highest BCUT2D eigenvalue weighted by atomic mass is 19.1. The number of carbonyl (C=O) groups excluding carboxylic acids is 1. The summed E-state index contributed by atoms with van der Waals surface area (Å²) in [4.78, 5) is 12.2. The van der Waals surface area contributed by atoms with Crippen molar-refractivity contribution in [3.05, 3.63) is 52.9 Å². The number of Topliss-reactive ketones (excluding diaryl/α,β-unsaturated/α-hetero) is 1. The van der Waals surface area contributed by atoms with Crippen molar-refractivity contribution in [2.24, 2.45) is 0 Å². The Hall–Kier alpha value is -2.04. The molecule has 2 rings (SSSR count). The molecule has 3 nitrogen and oxygen atoms in total. The predicted molar refractivity (Wildman–Crippen MR) is 71.7 cm³/mol. The molecule has 0 unspecified atom stereocenters. The molecule has 0 fully saturated rings. The van der Waals surface area contributed by atoms with E-state index in [-0.39, 0.29) is 17.8 Å². The van der Waals surface area contributed by atoms with Crippen LogP contribution in [0.5, 0.6) is 0 Å². The zero-order chi connectivity index (χ0) is 14.7. The van der Waals surface area contributed by atoms with Crippen molar-refractivity contribution in [1.29, 1.82) is 0 Å². The second-order valence-corrected chi connectivity index (χ2v) is 4.53. The van der Waals surface area contributed by atoms with Crippen LogP contribution in [-0.2, 0) is 19.4 Å². The second kappa shape index (κ2) is 5.94. The van der Waals surface area contributed by atoms with E-state index >= 15 is 0 Å². The Morgan fingerprint density at radius 3 is 2.60 bits per heavy atom. The number of aromatic nitrogens is 2. The second-order valence-electron chi connectivity index (χ2n) is 4.53. The van der Waals surface area contributed by atoms with E-state index in [0.29, 0.717) is 12.2 Å². The van der Waals surface area contributed by atoms with Gasteiger partial charge in [0.05, 0.1) is 5.69 Å². The van der Waals surface area contributed by atoms with Crippen molar-refractivity contribution in [3.8, 4) is 0 Å². The SMILES string of the molecule is CCc1cc(C(=O)Cc2ccc(F)cc2F)n(CC)n1. The van der Waals surface area contributed by atoms with Gasteiger partial charge in [-0.15, -0.1) is 0 Å². The van der Waals surface area contributed by atoms with E-state index in [1.165, 1.54) is 6.07 Å². The van der Waals surface area contributed by atoms with Gasteiger partial charge in [-0.05, 0) is 31.0 Å². The van der Waals surface area contributed by atoms with Crippen LogP contribution in [0.3, 0.4) is 0 Å². The molecule has 106 valence electrons. The summed E-state index contributed by atoms with van der Waals surface area (Å²) in [5.41, 5.74) is 1.49. The van der Waals surface area contributed by atoms with E-state index in [2.05, 4.69) is 5.10 Å². The van der Waals surface area contributed by atoms with E-state index in [1.54, 1.807) is 10.7 Å². The lowest BCUT2D eigenvalue weighted by molar-refractivity contribution is 0.0981. The quantitative estimate of drug-likeness (QED) is 0.787. The summed E-state index contributed by atoms with van der Waals surface area (Å²) < 4.78 is 28.0. The molecule has 1 aromatic carbocycles. The number of halogens is 2. The molecule has 0 N–H and O–H groups in total. The summed E-state index contributed by atoms with van der Waals surface area (Å²) in [7, 11) is 0. The first-order valence-corrected chi connectivity index (χ1v) is 6.59. The molecule has 0 saturated carbocycles. The van der Waals surface area contributed by atoms with Crippen LogP contribution in [0.4, 0.5) is 8.78 Å². The van der Waals surface area contributed by atoms with Crippen LogP contribution in [0.1, 0.15) is 35.6 Å². The van der Waals surface area contributed by atoms with Crippen LogP contribution in [-0.4, -0.2) is 15.6 Å². The molecular formula is C15H16F2N2O. The number of nitrogens with zero attached hydrogens (tertiary/aromatic N) is 2. The number of carbonyl (C=O) groups is 1. The number of rotatable bonds is 5. The number of hydrogen-bond acceptors (Lipinski definition) is 2. The van der Waals surface area contributed by atoms with Gasteiger partial charge in [0.2, 0.25) is 0 Å². The van der Waals surface area contributed by atoms with Gasteiger partial charge in [0, 0.05) is 19.0 Å². The van der Waals surface area contributed by atoms with Gasteiger partial charge in [-0.25, -0.2) is 8.78 Å². The summed E-state index contributed by atoms with van der Waals surface area (Å²) in [5.74, 6) is -1.56. The molecule has 5 heteroatoms. The molecular weight excluding hydrogens is 262 g/mol. The van der Waals surface area contributed by atoms with Gasteiger partial charge >= 0.3 is 0 Å². The molecule has 0 radical (unpaired) electrons. The first-order valence-electron chi connectivity index (χ1n) is 6.59. The smallest absolute Gasteiger partial charge is 0.185 e. The molecule has 0 aliphatic heterocycles. The average Bonchev–Trinajstić information content (AvgIpc) is 2.85. The van der Waals surface area contributed by atoms with E-state index < -0.39 is 11.6 Å². The van der Waals surface area contributed by atoms with Crippen molar-refractivity contribution in [3.63, 3.8) is 0 Å². The highest BCUT2D eigenvalue weighted by Crippen LogP contribution is 2.14. The fraction of sp³-hybridized carbons (Fsp3) is 0.333. The van der Waals surface area contributed by atoms with Crippen LogP contribution < -0.4 is 0 Å². The maximum absolute atomic E-state index is 13.6. The lowest BCUT2D eigenvalue weighted by Crippen LogP contribution is -2.12. The maximum atomic E-state index is 13.6. The Labute approximate surface area is 116 Å². The molecule has 20 heavy (non-hydrogen) atoms. The largest absolute Gasteiger partial charge is 0.292 e. The standard InChI is InChI=1S/C15H16F2N2O/c1-3-12-9-14(19(4-2)18-12)15(20)7-10-5-6-11(16)8-13(10)17/h5-6,8-9H,3-4,7H2,1-2H3. The van der Waals surface area contributed by atoms with Gasteiger partial charge in [0.15, 0.2) is 5.78 Å². The summed E-state index contributed by atoms with van der Waals surface area (Å²) in [5, 5.41) is 4.29. The van der Waals surface area contributed by atoms with Crippen molar-refractivity contribution >= 4 is 5.78 Å². The van der Waals surface area contributed by atoms with Gasteiger partial charge in [-0.1, -0.05) is 13.0 Å². The summed E-state index contributed by atoms with van der Waals surface area (Å²) in [6, 6.07) is 4.97. The Morgan fingerprint density at radius 1 is 1.25 bits per heavy atom. The predicted octanol–water partition coefficient (Wildman–Crippen LogP) is 3.17. The normalized spacial score (nSPS) is 10.8. The molecule has 0 bridgehead atoms. The van der Waals surface area contributed by atoms with Crippen molar-refractivity contribution in [2.75, 3.05) is 0 Å². The molecule has 0 saturated heterocycles. The number of hydrogen-bond donors (Lipinski definition) is 0. The summed E-state index contributed by atoms with van der Waals surface area (Å²) >= 11 is 0. The highest BCUT2D eigenvalue weighted by molar-refractivity contribution is 5.96. The third-order valence-electron chi connectivity index (χ3n) is 3.14. The Morgan fingerprint density at radius 2 is 2.00 bits per heavy atom. The van der Waals surface area contributed by atoms with Crippen LogP contribution >= 0.6 is 0 Å². The molecule has 1 aromatic heterocycles. The van der Waals surface area contributed by atoms with Crippen LogP contribution in [0.2, 0.25) is 0 Å². The number of benzene rings is 1. The number of aryl methyl sites for hydroxylation is 2. The lowest BCUT2D eigenvalue weighted by Gasteiger charge is -2.05. The molecule has 0 aliphatic carbocycles. The topological polar surface area (TPSA) is 34.9 Å². The molecule has 2 aromatic rings. The van der Waals surface area contributed by atoms with E-state index in [9.17, 15) is 13.6 Å². The Balaban J connectivity index is 2.25. The first kappa shape index (κ1) is 14.4. The van der Waals surface area contributed by atoms with Crippen molar-refractivity contribution in [1.82, 2.24) is 9.78 Å². The highest BCUT2D eigenvalue weighted by Gasteiger charge is 2.16. The molecule has 0 amide bonds. The van der Waals surface area contributed by atoms with Crippen LogP contribution in [0.25, 0.3) is 0 Å². The fourth-order valence-corrected chi connectivity index (χ4v) is 2.04. The van der Waals surface area contributed by atoms with Crippen molar-refractivity contribution in [2.45, 2.75) is 33.2 Å². The summed E-state index contributed by atoms with van der Waals surface area (Å²) in [6.45, 7) is 4.42. The maximum Gasteiger partial charge on any atom is 0.185 e. The van der Waals surface area contributed by atoms with Gasteiger partial charge in [-0.3, -0.25) is 9.48 Å². The zero-order valence-corrected chi connectivity index (χ0v) is 11.5. The minimum absolute atomic E-state index is 0.0963. The van der Waals surface area contributed by atoms with Gasteiger partial charge in [0.25, 0.3) is 0 Å². The van der Waals surface area contributed by atoms with Gasteiger partial charge in [0.1, 0.15) is 17.3 Å². The first-order chi connectivity index (χ1) is 9.55.